The zero-order valence-electron chi connectivity index (χ0n) is 9.04. The van der Waals surface area contributed by atoms with Crippen molar-refractivity contribution in [2.75, 3.05) is 12.0 Å². The molecule has 1 amide bonds. The van der Waals surface area contributed by atoms with Crippen molar-refractivity contribution in [3.05, 3.63) is 23.8 Å². The van der Waals surface area contributed by atoms with E-state index in [0.717, 1.165) is 0 Å². The second-order valence-corrected chi connectivity index (χ2v) is 3.65. The molecule has 0 radical (unpaired) electrons. The van der Waals surface area contributed by atoms with Gasteiger partial charge in [0.15, 0.2) is 0 Å². The molecule has 0 bridgehead atoms. The van der Waals surface area contributed by atoms with Crippen LogP contribution in [-0.2, 0) is 11.2 Å². The summed E-state index contributed by atoms with van der Waals surface area (Å²) in [6.45, 7) is 0. The summed E-state index contributed by atoms with van der Waals surface area (Å²) in [5.41, 5.74) is 0.292. The maximum Gasteiger partial charge on any atom is 0.491 e. The molecule has 1 aliphatic heterocycles. The van der Waals surface area contributed by atoms with Gasteiger partial charge in [-0.2, -0.15) is 0 Å². The van der Waals surface area contributed by atoms with E-state index in [2.05, 4.69) is 0 Å². The lowest BCUT2D eigenvalue weighted by Gasteiger charge is -2.31. The summed E-state index contributed by atoms with van der Waals surface area (Å²) in [6, 6.07) is 4.31. The predicted octanol–water partition coefficient (Wildman–Crippen LogP) is 2.49. The van der Waals surface area contributed by atoms with Crippen LogP contribution in [0.3, 0.4) is 0 Å². The fourth-order valence-electron chi connectivity index (χ4n) is 1.96. The van der Waals surface area contributed by atoms with Gasteiger partial charge in [0.2, 0.25) is 5.91 Å². The van der Waals surface area contributed by atoms with Gasteiger partial charge < -0.3 is 4.74 Å². The van der Waals surface area contributed by atoms with Crippen LogP contribution >= 0.6 is 0 Å². The molecule has 0 aromatic heterocycles. The number of nitrogens with zero attached hydrogens (tertiary/aromatic N) is 1. The van der Waals surface area contributed by atoms with E-state index in [4.69, 9.17) is 4.74 Å². The van der Waals surface area contributed by atoms with E-state index in [0.29, 0.717) is 11.3 Å². The van der Waals surface area contributed by atoms with Crippen molar-refractivity contribution in [3.8, 4) is 5.75 Å². The molecule has 3 nitrogen and oxygen atoms in total. The van der Waals surface area contributed by atoms with Crippen LogP contribution in [0.4, 0.5) is 18.9 Å². The molecular formula is C11H10F3NO2. The average Bonchev–Trinajstić information content (AvgIpc) is 2.25. The number of halogens is 3. The minimum absolute atomic E-state index is 0.117. The Labute approximate surface area is 95.8 Å². The molecule has 0 spiro atoms. The molecule has 6 heteroatoms. The number of amides is 1. The molecule has 2 rings (SSSR count). The summed E-state index contributed by atoms with van der Waals surface area (Å²) in [6.07, 6.45) is -4.59. The number of carbonyl (C=O) groups excluding carboxylic acids is 1. The molecule has 92 valence electrons. The average molecular weight is 245 g/mol. The topological polar surface area (TPSA) is 29.5 Å². The Morgan fingerprint density at radius 1 is 1.29 bits per heavy atom. The van der Waals surface area contributed by atoms with Crippen LogP contribution in [0.5, 0.6) is 5.75 Å². The van der Waals surface area contributed by atoms with E-state index in [9.17, 15) is 18.0 Å². The third kappa shape index (κ3) is 1.94. The fraction of sp³-hybridized carbons (Fsp3) is 0.364. The second-order valence-electron chi connectivity index (χ2n) is 3.65. The number of benzene rings is 1. The number of alkyl halides is 3. The molecule has 0 saturated heterocycles. The number of hydrogen-bond donors (Lipinski definition) is 0. The Kier molecular flexibility index (Phi) is 2.73. The number of carbonyl (C=O) groups is 1. The molecule has 0 fully saturated rings. The van der Waals surface area contributed by atoms with Crippen LogP contribution in [-0.4, -0.2) is 19.3 Å². The van der Waals surface area contributed by atoms with Crippen LogP contribution in [0.25, 0.3) is 0 Å². The summed E-state index contributed by atoms with van der Waals surface area (Å²) >= 11 is 0. The lowest BCUT2D eigenvalue weighted by atomic mass is 10.0. The molecule has 1 aliphatic rings. The molecule has 17 heavy (non-hydrogen) atoms. The predicted molar refractivity (Wildman–Crippen MR) is 54.9 cm³/mol. The van der Waals surface area contributed by atoms with Crippen LogP contribution in [0, 0.1) is 0 Å². The van der Waals surface area contributed by atoms with Crippen molar-refractivity contribution in [2.24, 2.45) is 0 Å². The van der Waals surface area contributed by atoms with Gasteiger partial charge in [-0.25, -0.2) is 4.90 Å². The molecular weight excluding hydrogens is 235 g/mol. The summed E-state index contributed by atoms with van der Waals surface area (Å²) in [4.78, 5) is 11.3. The van der Waals surface area contributed by atoms with Gasteiger partial charge in [0.1, 0.15) is 5.75 Å². The van der Waals surface area contributed by atoms with Gasteiger partial charge in [0, 0.05) is 12.0 Å². The lowest BCUT2D eigenvalue weighted by molar-refractivity contribution is -0.150. The van der Waals surface area contributed by atoms with Crippen molar-refractivity contribution in [1.29, 1.82) is 0 Å². The number of rotatable bonds is 1. The summed E-state index contributed by atoms with van der Waals surface area (Å²) < 4.78 is 43.3. The summed E-state index contributed by atoms with van der Waals surface area (Å²) in [5.74, 6) is -0.553. The van der Waals surface area contributed by atoms with Gasteiger partial charge >= 0.3 is 6.30 Å². The van der Waals surface area contributed by atoms with Crippen LogP contribution in [0.2, 0.25) is 0 Å². The highest BCUT2D eigenvalue weighted by Gasteiger charge is 2.45. The minimum Gasteiger partial charge on any atom is -0.496 e. The molecule has 1 aromatic rings. The normalized spacial score (nSPS) is 15.8. The highest BCUT2D eigenvalue weighted by atomic mass is 19.4. The third-order valence-electron chi connectivity index (χ3n) is 2.66. The summed E-state index contributed by atoms with van der Waals surface area (Å²) in [7, 11) is 1.39. The van der Waals surface area contributed by atoms with Gasteiger partial charge in [0.25, 0.3) is 0 Å². The summed E-state index contributed by atoms with van der Waals surface area (Å²) in [5, 5.41) is 0. The first-order valence-corrected chi connectivity index (χ1v) is 5.01. The molecule has 0 aliphatic carbocycles. The number of anilines is 1. The zero-order chi connectivity index (χ0) is 12.6. The van der Waals surface area contributed by atoms with Gasteiger partial charge in [-0.15, -0.1) is 13.2 Å². The highest BCUT2D eigenvalue weighted by Crippen LogP contribution is 2.39. The zero-order valence-corrected chi connectivity index (χ0v) is 9.04. The molecule has 0 N–H and O–H groups in total. The van der Waals surface area contributed by atoms with Crippen molar-refractivity contribution in [3.63, 3.8) is 0 Å². The van der Waals surface area contributed by atoms with Crippen molar-refractivity contribution < 1.29 is 22.7 Å². The van der Waals surface area contributed by atoms with E-state index in [1.165, 1.54) is 19.2 Å². The Hall–Kier alpha value is -1.72. The maximum absolute atomic E-state index is 12.8. The lowest BCUT2D eigenvalue weighted by Crippen LogP contribution is -2.45. The largest absolute Gasteiger partial charge is 0.496 e. The molecule has 0 saturated carbocycles. The van der Waals surface area contributed by atoms with E-state index in [1.54, 1.807) is 6.07 Å². The van der Waals surface area contributed by atoms with E-state index < -0.39 is 12.2 Å². The van der Waals surface area contributed by atoms with Crippen molar-refractivity contribution in [1.82, 2.24) is 0 Å². The SMILES string of the molecule is COc1cccc2c1CCC(=O)N2C(F)(F)F. The second kappa shape index (κ2) is 3.94. The Morgan fingerprint density at radius 2 is 2.00 bits per heavy atom. The van der Waals surface area contributed by atoms with Gasteiger partial charge in [-0.05, 0) is 18.6 Å². The fourth-order valence-corrected chi connectivity index (χ4v) is 1.96. The number of ether oxygens (including phenoxy) is 1. The van der Waals surface area contributed by atoms with E-state index >= 15 is 0 Å². The van der Waals surface area contributed by atoms with E-state index in [-0.39, 0.29) is 23.4 Å². The van der Waals surface area contributed by atoms with Gasteiger partial charge in [0.05, 0.1) is 12.8 Å². The maximum atomic E-state index is 12.8. The molecule has 1 heterocycles. The van der Waals surface area contributed by atoms with Gasteiger partial charge in [-0.3, -0.25) is 4.79 Å². The molecule has 0 unspecified atom stereocenters. The quantitative estimate of drug-likeness (QED) is 0.711. The first kappa shape index (κ1) is 11.8. The molecule has 1 aromatic carbocycles. The van der Waals surface area contributed by atoms with Crippen LogP contribution in [0.15, 0.2) is 18.2 Å². The smallest absolute Gasteiger partial charge is 0.491 e. The van der Waals surface area contributed by atoms with Crippen LogP contribution < -0.4 is 9.64 Å². The Morgan fingerprint density at radius 3 is 2.59 bits per heavy atom. The number of fused-ring (bicyclic) bond motifs is 1. The van der Waals surface area contributed by atoms with Gasteiger partial charge in [-0.1, -0.05) is 6.07 Å². The van der Waals surface area contributed by atoms with Crippen molar-refractivity contribution in [2.45, 2.75) is 19.1 Å². The van der Waals surface area contributed by atoms with E-state index in [1.807, 2.05) is 0 Å². The monoisotopic (exact) mass is 245 g/mol. The first-order valence-electron chi connectivity index (χ1n) is 5.01. The first-order chi connectivity index (χ1) is 7.95. The molecule has 0 atom stereocenters. The number of methoxy groups -OCH3 is 1. The minimum atomic E-state index is -4.70. The standard InChI is InChI=1S/C11H10F3NO2/c1-17-9-4-2-3-8-7(9)5-6-10(16)15(8)11(12,13)14/h2-4H,5-6H2,1H3. The highest BCUT2D eigenvalue weighted by molar-refractivity contribution is 5.97. The Balaban J connectivity index is 2.56. The third-order valence-corrected chi connectivity index (χ3v) is 2.66. The van der Waals surface area contributed by atoms with Crippen LogP contribution in [0.1, 0.15) is 12.0 Å². The number of hydrogen-bond acceptors (Lipinski definition) is 2. The van der Waals surface area contributed by atoms with Crippen molar-refractivity contribution >= 4 is 11.6 Å². The Bertz CT molecular complexity index is 457.